The van der Waals surface area contributed by atoms with Crippen molar-refractivity contribution in [1.29, 1.82) is 0 Å². The van der Waals surface area contributed by atoms with Gasteiger partial charge in [-0.15, -0.1) is 11.8 Å². The average molecular weight is 456 g/mol. The Morgan fingerprint density at radius 1 is 0.906 bits per heavy atom. The third kappa shape index (κ3) is 4.04. The topological polar surface area (TPSA) is 30.7 Å². The highest BCUT2D eigenvalue weighted by Crippen LogP contribution is 2.38. The van der Waals surface area contributed by atoms with Gasteiger partial charge in [0.2, 0.25) is 0 Å². The summed E-state index contributed by atoms with van der Waals surface area (Å²) in [5.74, 6) is 0.849. The number of benzene rings is 3. The third-order valence-corrected chi connectivity index (χ3v) is 7.03. The fraction of sp³-hybridized carbons (Fsp3) is 0.111. The molecule has 0 atom stereocenters. The zero-order valence-electron chi connectivity index (χ0n) is 17.9. The van der Waals surface area contributed by atoms with Crippen LogP contribution in [0, 0.1) is 13.8 Å². The van der Waals surface area contributed by atoms with E-state index in [1.807, 2.05) is 25.1 Å². The van der Waals surface area contributed by atoms with Gasteiger partial charge >= 0.3 is 0 Å². The van der Waals surface area contributed by atoms with E-state index in [-0.39, 0.29) is 0 Å². The lowest BCUT2D eigenvalue weighted by molar-refractivity contribution is 1.04. The molecule has 0 N–H and O–H groups in total. The maximum atomic E-state index is 6.45. The number of fused-ring (bicyclic) bond motifs is 1. The normalized spacial score (nSPS) is 11.2. The molecule has 158 valence electrons. The number of aryl methyl sites for hydroxylation is 2. The lowest BCUT2D eigenvalue weighted by Crippen LogP contribution is -1.95. The van der Waals surface area contributed by atoms with E-state index in [4.69, 9.17) is 11.6 Å². The maximum Gasteiger partial charge on any atom is 0.149 e. The number of nitrogens with zero attached hydrogens (tertiary/aromatic N) is 3. The van der Waals surface area contributed by atoms with Crippen molar-refractivity contribution < 1.29 is 0 Å². The number of thioether (sulfide) groups is 1. The molecule has 5 aromatic rings. The highest BCUT2D eigenvalue weighted by atomic mass is 35.5. The highest BCUT2D eigenvalue weighted by molar-refractivity contribution is 7.98. The molecule has 0 radical (unpaired) electrons. The summed E-state index contributed by atoms with van der Waals surface area (Å²) in [7, 11) is 0. The number of aromatic nitrogens is 3. The van der Waals surface area contributed by atoms with Gasteiger partial charge in [-0.1, -0.05) is 77.8 Å². The van der Waals surface area contributed by atoms with Crippen molar-refractivity contribution in [2.75, 3.05) is 0 Å². The molecule has 3 nitrogen and oxygen atoms in total. The molecule has 0 aliphatic rings. The summed E-state index contributed by atoms with van der Waals surface area (Å²) in [6, 6.07) is 25.2. The zero-order valence-corrected chi connectivity index (χ0v) is 19.5. The minimum Gasteiger partial charge on any atom is -0.301 e. The Labute approximate surface area is 197 Å². The Balaban J connectivity index is 1.65. The first-order valence-corrected chi connectivity index (χ1v) is 11.8. The highest BCUT2D eigenvalue weighted by Gasteiger charge is 2.18. The Morgan fingerprint density at radius 3 is 2.44 bits per heavy atom. The molecule has 0 unspecified atom stereocenters. The summed E-state index contributed by atoms with van der Waals surface area (Å²) in [6.45, 7) is 4.12. The van der Waals surface area contributed by atoms with Crippen molar-refractivity contribution in [2.45, 2.75) is 24.6 Å². The zero-order chi connectivity index (χ0) is 22.1. The second kappa shape index (κ2) is 8.81. The van der Waals surface area contributed by atoms with Crippen molar-refractivity contribution in [2.24, 2.45) is 0 Å². The monoisotopic (exact) mass is 455 g/mol. The van der Waals surface area contributed by atoms with E-state index >= 15 is 0 Å². The largest absolute Gasteiger partial charge is 0.301 e. The first-order valence-electron chi connectivity index (χ1n) is 10.5. The van der Waals surface area contributed by atoms with E-state index in [2.05, 4.69) is 82.3 Å². The van der Waals surface area contributed by atoms with Crippen molar-refractivity contribution in [1.82, 2.24) is 14.5 Å². The molecule has 0 fully saturated rings. The summed E-state index contributed by atoms with van der Waals surface area (Å²) >= 11 is 8.19. The molecule has 5 rings (SSSR count). The molecule has 0 aliphatic heterocycles. The molecule has 0 saturated carbocycles. The molecular weight excluding hydrogens is 434 g/mol. The first-order chi connectivity index (χ1) is 15.6. The molecule has 0 bridgehead atoms. The van der Waals surface area contributed by atoms with Crippen LogP contribution in [0.2, 0.25) is 5.02 Å². The number of hydrogen-bond donors (Lipinski definition) is 0. The van der Waals surface area contributed by atoms with E-state index in [0.29, 0.717) is 0 Å². The van der Waals surface area contributed by atoms with Gasteiger partial charge in [-0.25, -0.2) is 9.97 Å². The predicted molar refractivity (Wildman–Crippen MR) is 135 cm³/mol. The van der Waals surface area contributed by atoms with E-state index in [1.54, 1.807) is 18.1 Å². The molecule has 2 heterocycles. The standard InChI is InChI=1S/C27H22ClN3S/c1-18-8-11-20(12-9-18)16-32-27-25-23(21-6-4-3-5-7-21)15-31(26(25)29-17-30-27)22-13-10-19(2)24(28)14-22/h3-15,17H,16H2,1-2H3. The van der Waals surface area contributed by atoms with Gasteiger partial charge in [0.05, 0.1) is 5.39 Å². The van der Waals surface area contributed by atoms with Gasteiger partial charge in [0.25, 0.3) is 0 Å². The Bertz CT molecular complexity index is 1390. The van der Waals surface area contributed by atoms with Crippen molar-refractivity contribution >= 4 is 34.4 Å². The molecule has 0 saturated heterocycles. The van der Waals surface area contributed by atoms with E-state index in [0.717, 1.165) is 49.2 Å². The molecular formula is C27H22ClN3S. The van der Waals surface area contributed by atoms with Crippen molar-refractivity contribution in [3.8, 4) is 16.8 Å². The summed E-state index contributed by atoms with van der Waals surface area (Å²) in [4.78, 5) is 9.36. The van der Waals surface area contributed by atoms with Crippen LogP contribution in [0.1, 0.15) is 16.7 Å². The lowest BCUT2D eigenvalue weighted by Gasteiger charge is -2.08. The summed E-state index contributed by atoms with van der Waals surface area (Å²) in [6.07, 6.45) is 3.80. The minimum absolute atomic E-state index is 0.744. The molecule has 0 aliphatic carbocycles. The van der Waals surface area contributed by atoms with Gasteiger partial charge < -0.3 is 4.57 Å². The van der Waals surface area contributed by atoms with Crippen LogP contribution in [0.3, 0.4) is 0 Å². The van der Waals surface area contributed by atoms with E-state index in [9.17, 15) is 0 Å². The first kappa shape index (κ1) is 20.8. The molecule has 32 heavy (non-hydrogen) atoms. The van der Waals surface area contributed by atoms with Crippen LogP contribution in [0.5, 0.6) is 0 Å². The van der Waals surface area contributed by atoms with E-state index in [1.165, 1.54) is 11.1 Å². The van der Waals surface area contributed by atoms with Crippen LogP contribution in [-0.4, -0.2) is 14.5 Å². The predicted octanol–water partition coefficient (Wildman–Crippen LogP) is 7.65. The van der Waals surface area contributed by atoms with Gasteiger partial charge in [0.1, 0.15) is 17.0 Å². The van der Waals surface area contributed by atoms with Crippen LogP contribution >= 0.6 is 23.4 Å². The van der Waals surface area contributed by atoms with Crippen LogP contribution < -0.4 is 0 Å². The second-order valence-corrected chi connectivity index (χ2v) is 9.24. The van der Waals surface area contributed by atoms with Gasteiger partial charge in [-0.3, -0.25) is 0 Å². The van der Waals surface area contributed by atoms with Gasteiger partial charge in [0, 0.05) is 28.2 Å². The van der Waals surface area contributed by atoms with Crippen molar-refractivity contribution in [3.63, 3.8) is 0 Å². The van der Waals surface area contributed by atoms with Crippen LogP contribution in [0.15, 0.2) is 90.3 Å². The third-order valence-electron chi connectivity index (χ3n) is 5.56. The van der Waals surface area contributed by atoms with Crippen LogP contribution in [0.25, 0.3) is 27.8 Å². The quantitative estimate of drug-likeness (QED) is 0.201. The molecule has 5 heteroatoms. The molecule has 3 aromatic carbocycles. The Hall–Kier alpha value is -3.08. The summed E-state index contributed by atoms with van der Waals surface area (Å²) in [5, 5.41) is 2.78. The average Bonchev–Trinajstić information content (AvgIpc) is 3.21. The second-order valence-electron chi connectivity index (χ2n) is 7.86. The van der Waals surface area contributed by atoms with Gasteiger partial charge in [-0.05, 0) is 42.7 Å². The maximum absolute atomic E-state index is 6.45. The van der Waals surface area contributed by atoms with E-state index < -0.39 is 0 Å². The molecule has 2 aromatic heterocycles. The lowest BCUT2D eigenvalue weighted by atomic mass is 10.1. The fourth-order valence-electron chi connectivity index (χ4n) is 3.74. The molecule has 0 spiro atoms. The SMILES string of the molecule is Cc1ccc(CSc2ncnc3c2c(-c2ccccc2)cn3-c2ccc(C)c(Cl)c2)cc1. The minimum atomic E-state index is 0.744. The Kier molecular flexibility index (Phi) is 5.73. The van der Waals surface area contributed by atoms with Crippen LogP contribution in [-0.2, 0) is 5.75 Å². The van der Waals surface area contributed by atoms with Gasteiger partial charge in [0.15, 0.2) is 0 Å². The van der Waals surface area contributed by atoms with Gasteiger partial charge in [-0.2, -0.15) is 0 Å². The Morgan fingerprint density at radius 2 is 1.69 bits per heavy atom. The molecule has 0 amide bonds. The fourth-order valence-corrected chi connectivity index (χ4v) is 4.88. The number of rotatable bonds is 5. The van der Waals surface area contributed by atoms with Crippen LogP contribution in [0.4, 0.5) is 0 Å². The number of hydrogen-bond acceptors (Lipinski definition) is 3. The summed E-state index contributed by atoms with van der Waals surface area (Å²) < 4.78 is 2.11. The number of halogens is 1. The van der Waals surface area contributed by atoms with Crippen molar-refractivity contribution in [3.05, 3.63) is 107 Å². The smallest absolute Gasteiger partial charge is 0.149 e. The summed E-state index contributed by atoms with van der Waals surface area (Å²) in [5.41, 5.74) is 7.72.